The van der Waals surface area contributed by atoms with Crippen LogP contribution in [0.3, 0.4) is 0 Å². The van der Waals surface area contributed by atoms with Crippen LogP contribution in [0.4, 0.5) is 5.69 Å². The molecule has 5 nitrogen and oxygen atoms in total. The first-order valence-electron chi connectivity index (χ1n) is 7.32. The lowest BCUT2D eigenvalue weighted by molar-refractivity contribution is 0.358. The van der Waals surface area contributed by atoms with Gasteiger partial charge in [0.05, 0.1) is 34.6 Å². The SMILES string of the molecule is N#Cc1ccc(S(=O)(=O)CCNc2cccc3c2OCC3)cc1. The molecule has 2 aromatic rings. The number of fused-ring (bicyclic) bond motifs is 1. The molecule has 0 spiro atoms. The molecule has 0 radical (unpaired) electrons. The van der Waals surface area contributed by atoms with Crippen molar-refractivity contribution in [1.82, 2.24) is 0 Å². The summed E-state index contributed by atoms with van der Waals surface area (Å²) in [4.78, 5) is 0.229. The fourth-order valence-electron chi connectivity index (χ4n) is 2.53. The van der Waals surface area contributed by atoms with E-state index in [9.17, 15) is 8.42 Å². The van der Waals surface area contributed by atoms with Gasteiger partial charge in [0.1, 0.15) is 5.75 Å². The number of hydrogen-bond donors (Lipinski definition) is 1. The third-order valence-electron chi connectivity index (χ3n) is 3.74. The Bertz CT molecular complexity index is 852. The Labute approximate surface area is 135 Å². The fraction of sp³-hybridized carbons (Fsp3) is 0.235. The summed E-state index contributed by atoms with van der Waals surface area (Å²) in [6.07, 6.45) is 0.883. The first-order chi connectivity index (χ1) is 11.1. The number of ether oxygens (including phenoxy) is 1. The number of anilines is 1. The Morgan fingerprint density at radius 1 is 1.17 bits per heavy atom. The number of hydrogen-bond acceptors (Lipinski definition) is 5. The van der Waals surface area contributed by atoms with E-state index < -0.39 is 9.84 Å². The average molecular weight is 328 g/mol. The van der Waals surface area contributed by atoms with Crippen molar-refractivity contribution >= 4 is 15.5 Å². The number of nitrogens with one attached hydrogen (secondary N) is 1. The summed E-state index contributed by atoms with van der Waals surface area (Å²) in [7, 11) is -3.38. The quantitative estimate of drug-likeness (QED) is 0.911. The summed E-state index contributed by atoms with van der Waals surface area (Å²) >= 11 is 0. The molecule has 0 saturated carbocycles. The van der Waals surface area contributed by atoms with Gasteiger partial charge in [0.15, 0.2) is 9.84 Å². The molecule has 0 aliphatic carbocycles. The highest BCUT2D eigenvalue weighted by atomic mass is 32.2. The zero-order chi connectivity index (χ0) is 16.3. The predicted octanol–water partition coefficient (Wildman–Crippen LogP) is 2.38. The summed E-state index contributed by atoms with van der Waals surface area (Å²) < 4.78 is 30.2. The molecule has 0 saturated heterocycles. The molecule has 0 unspecified atom stereocenters. The van der Waals surface area contributed by atoms with Crippen LogP contribution in [0.25, 0.3) is 0 Å². The highest BCUT2D eigenvalue weighted by molar-refractivity contribution is 7.91. The van der Waals surface area contributed by atoms with E-state index in [0.29, 0.717) is 18.7 Å². The molecule has 6 heteroatoms. The lowest BCUT2D eigenvalue weighted by atomic mass is 10.1. The van der Waals surface area contributed by atoms with Gasteiger partial charge in [-0.1, -0.05) is 12.1 Å². The van der Waals surface area contributed by atoms with Gasteiger partial charge in [-0.2, -0.15) is 5.26 Å². The van der Waals surface area contributed by atoms with Crippen LogP contribution in [0.1, 0.15) is 11.1 Å². The van der Waals surface area contributed by atoms with Crippen molar-refractivity contribution in [1.29, 1.82) is 5.26 Å². The van der Waals surface area contributed by atoms with Gasteiger partial charge >= 0.3 is 0 Å². The van der Waals surface area contributed by atoms with Gasteiger partial charge in [-0.15, -0.1) is 0 Å². The molecule has 2 aromatic carbocycles. The molecule has 0 fully saturated rings. The Morgan fingerprint density at radius 3 is 2.70 bits per heavy atom. The number of rotatable bonds is 5. The zero-order valence-electron chi connectivity index (χ0n) is 12.5. The largest absolute Gasteiger partial charge is 0.491 e. The molecule has 0 atom stereocenters. The molecule has 0 aromatic heterocycles. The zero-order valence-corrected chi connectivity index (χ0v) is 13.3. The van der Waals surface area contributed by atoms with E-state index in [2.05, 4.69) is 5.32 Å². The van der Waals surface area contributed by atoms with Crippen LogP contribution in [0, 0.1) is 11.3 Å². The van der Waals surface area contributed by atoms with Crippen molar-refractivity contribution in [2.24, 2.45) is 0 Å². The Hall–Kier alpha value is -2.52. The summed E-state index contributed by atoms with van der Waals surface area (Å²) in [6, 6.07) is 13.8. The second kappa shape index (κ2) is 6.31. The summed E-state index contributed by atoms with van der Waals surface area (Å²) in [5.74, 6) is 0.797. The van der Waals surface area contributed by atoms with Crippen LogP contribution in [-0.2, 0) is 16.3 Å². The van der Waals surface area contributed by atoms with Crippen molar-refractivity contribution in [3.8, 4) is 11.8 Å². The summed E-state index contributed by atoms with van der Waals surface area (Å²) in [5.41, 5.74) is 2.42. The number of nitrogens with zero attached hydrogens (tertiary/aromatic N) is 1. The number of para-hydroxylation sites is 1. The molecular formula is C17H16N2O3S. The monoisotopic (exact) mass is 328 g/mol. The molecule has 0 bridgehead atoms. The van der Waals surface area contributed by atoms with Gasteiger partial charge in [0.2, 0.25) is 0 Å². The Kier molecular flexibility index (Phi) is 4.22. The van der Waals surface area contributed by atoms with Crippen LogP contribution < -0.4 is 10.1 Å². The van der Waals surface area contributed by atoms with E-state index in [1.54, 1.807) is 0 Å². The van der Waals surface area contributed by atoms with Crippen molar-refractivity contribution in [2.45, 2.75) is 11.3 Å². The smallest absolute Gasteiger partial charge is 0.180 e. The van der Waals surface area contributed by atoms with Crippen LogP contribution in [0.5, 0.6) is 5.75 Å². The minimum atomic E-state index is -3.38. The topological polar surface area (TPSA) is 79.2 Å². The minimum absolute atomic E-state index is 0.0252. The second-order valence-corrected chi connectivity index (χ2v) is 7.38. The van der Waals surface area contributed by atoms with E-state index in [0.717, 1.165) is 23.4 Å². The van der Waals surface area contributed by atoms with Crippen LogP contribution in [-0.4, -0.2) is 27.3 Å². The first kappa shape index (κ1) is 15.4. The standard InChI is InChI=1S/C17H16N2O3S/c18-12-13-4-6-15(7-5-13)23(20,21)11-9-19-16-3-1-2-14-8-10-22-17(14)16/h1-7,19H,8-11H2. The second-order valence-electron chi connectivity index (χ2n) is 5.27. The van der Waals surface area contributed by atoms with Crippen molar-refractivity contribution in [3.63, 3.8) is 0 Å². The van der Waals surface area contributed by atoms with Gasteiger partial charge < -0.3 is 10.1 Å². The lowest BCUT2D eigenvalue weighted by Crippen LogP contribution is -2.16. The molecule has 1 heterocycles. The van der Waals surface area contributed by atoms with Crippen molar-refractivity contribution in [2.75, 3.05) is 24.2 Å². The predicted molar refractivity (Wildman–Crippen MR) is 87.3 cm³/mol. The number of benzene rings is 2. The van der Waals surface area contributed by atoms with Crippen molar-refractivity contribution in [3.05, 3.63) is 53.6 Å². The van der Waals surface area contributed by atoms with E-state index in [-0.39, 0.29) is 10.6 Å². The van der Waals surface area contributed by atoms with E-state index in [1.165, 1.54) is 24.3 Å². The van der Waals surface area contributed by atoms with E-state index >= 15 is 0 Å². The van der Waals surface area contributed by atoms with Crippen LogP contribution in [0.2, 0.25) is 0 Å². The normalized spacial score (nSPS) is 13.0. The van der Waals surface area contributed by atoms with Gasteiger partial charge in [0.25, 0.3) is 0 Å². The molecule has 0 amide bonds. The average Bonchev–Trinajstić information content (AvgIpc) is 3.04. The maximum absolute atomic E-state index is 12.3. The molecule has 3 rings (SSSR count). The molecular weight excluding hydrogens is 312 g/mol. The fourth-order valence-corrected chi connectivity index (χ4v) is 3.69. The summed E-state index contributed by atoms with van der Waals surface area (Å²) in [6.45, 7) is 0.958. The summed E-state index contributed by atoms with van der Waals surface area (Å²) in [5, 5.41) is 11.9. The maximum Gasteiger partial charge on any atom is 0.180 e. The third-order valence-corrected chi connectivity index (χ3v) is 5.48. The molecule has 118 valence electrons. The number of sulfone groups is 1. The Morgan fingerprint density at radius 2 is 1.96 bits per heavy atom. The maximum atomic E-state index is 12.3. The molecule has 23 heavy (non-hydrogen) atoms. The van der Waals surface area contributed by atoms with E-state index in [4.69, 9.17) is 10.00 Å². The molecule has 1 aliphatic rings. The molecule has 1 N–H and O–H groups in total. The minimum Gasteiger partial charge on any atom is -0.491 e. The highest BCUT2D eigenvalue weighted by Crippen LogP contribution is 2.33. The van der Waals surface area contributed by atoms with Gasteiger partial charge in [0, 0.05) is 13.0 Å². The lowest BCUT2D eigenvalue weighted by Gasteiger charge is -2.11. The third kappa shape index (κ3) is 3.30. The van der Waals surface area contributed by atoms with E-state index in [1.807, 2.05) is 24.3 Å². The highest BCUT2D eigenvalue weighted by Gasteiger charge is 2.17. The number of nitriles is 1. The van der Waals surface area contributed by atoms with Crippen LogP contribution in [0.15, 0.2) is 47.4 Å². The van der Waals surface area contributed by atoms with Gasteiger partial charge in [-0.3, -0.25) is 0 Å². The van der Waals surface area contributed by atoms with Gasteiger partial charge in [-0.05, 0) is 35.9 Å². The van der Waals surface area contributed by atoms with Crippen molar-refractivity contribution < 1.29 is 13.2 Å². The Balaban J connectivity index is 1.66. The molecule has 1 aliphatic heterocycles. The first-order valence-corrected chi connectivity index (χ1v) is 8.97. The van der Waals surface area contributed by atoms with Crippen LogP contribution >= 0.6 is 0 Å². The van der Waals surface area contributed by atoms with Gasteiger partial charge in [-0.25, -0.2) is 8.42 Å².